The smallest absolute Gasteiger partial charge is 0.330 e. The number of carbonyl (C=O) groups excluding carboxylic acids is 1. The predicted molar refractivity (Wildman–Crippen MR) is 81.8 cm³/mol. The molecule has 4 heteroatoms. The first kappa shape index (κ1) is 17.2. The number of methoxy groups -OCH3 is 1. The number of halogens is 1. The van der Waals surface area contributed by atoms with E-state index >= 15 is 0 Å². The Kier molecular flexibility index (Phi) is 6.92. The van der Waals surface area contributed by atoms with Crippen molar-refractivity contribution in [3.63, 3.8) is 0 Å². The Morgan fingerprint density at radius 1 is 1.38 bits per heavy atom. The first-order chi connectivity index (χ1) is 9.99. The van der Waals surface area contributed by atoms with Gasteiger partial charge in [-0.2, -0.15) is 0 Å². The third kappa shape index (κ3) is 5.21. The van der Waals surface area contributed by atoms with Gasteiger partial charge in [-0.25, -0.2) is 9.18 Å². The Balaban J connectivity index is 3.06. The minimum atomic E-state index is -0.427. The van der Waals surface area contributed by atoms with Gasteiger partial charge in [0.15, 0.2) is 11.6 Å². The first-order valence-corrected chi connectivity index (χ1v) is 7.19. The van der Waals surface area contributed by atoms with Crippen LogP contribution in [0.15, 0.2) is 18.2 Å². The summed E-state index contributed by atoms with van der Waals surface area (Å²) < 4.78 is 24.2. The fourth-order valence-electron chi connectivity index (χ4n) is 1.96. The highest BCUT2D eigenvalue weighted by atomic mass is 19.1. The molecule has 1 rings (SSSR count). The minimum Gasteiger partial charge on any atom is -0.494 e. The van der Waals surface area contributed by atoms with Crippen molar-refractivity contribution in [2.45, 2.75) is 33.6 Å². The number of esters is 1. The molecular weight excluding hydrogens is 271 g/mol. The molecule has 0 heterocycles. The molecule has 0 amide bonds. The molecule has 0 aliphatic carbocycles. The molecule has 21 heavy (non-hydrogen) atoms. The molecule has 0 aliphatic heterocycles. The Bertz CT molecular complexity index is 507. The number of benzene rings is 1. The van der Waals surface area contributed by atoms with Crippen LogP contribution >= 0.6 is 0 Å². The highest BCUT2D eigenvalue weighted by molar-refractivity contribution is 5.87. The summed E-state index contributed by atoms with van der Waals surface area (Å²) >= 11 is 0. The number of hydrogen-bond donors (Lipinski definition) is 0. The standard InChI is InChI=1S/C17H23FO3/c1-5-21-16(19)11-8-13-7-10-15(20-4)17(18)14(13)9-6-12(2)3/h7-8,10-12H,5-6,9H2,1-4H3/b11-8+. The molecule has 1 aromatic carbocycles. The lowest BCUT2D eigenvalue weighted by molar-refractivity contribution is -0.137. The summed E-state index contributed by atoms with van der Waals surface area (Å²) in [6, 6.07) is 3.33. The molecule has 0 saturated heterocycles. The zero-order chi connectivity index (χ0) is 15.8. The van der Waals surface area contributed by atoms with Crippen LogP contribution in [-0.4, -0.2) is 19.7 Å². The second-order valence-electron chi connectivity index (χ2n) is 5.17. The highest BCUT2D eigenvalue weighted by Crippen LogP contribution is 2.26. The molecule has 0 saturated carbocycles. The molecule has 1 aromatic rings. The molecule has 0 aliphatic rings. The average Bonchev–Trinajstić information content (AvgIpc) is 2.44. The lowest BCUT2D eigenvalue weighted by Gasteiger charge is -2.12. The lowest BCUT2D eigenvalue weighted by atomic mass is 9.97. The van der Waals surface area contributed by atoms with Crippen molar-refractivity contribution in [3.05, 3.63) is 35.2 Å². The normalized spacial score (nSPS) is 11.1. The Labute approximate surface area is 125 Å². The monoisotopic (exact) mass is 294 g/mol. The van der Waals surface area contributed by atoms with E-state index in [1.807, 2.05) is 0 Å². The SMILES string of the molecule is CCOC(=O)/C=C/c1ccc(OC)c(F)c1CCC(C)C. The molecule has 0 spiro atoms. The third-order valence-electron chi connectivity index (χ3n) is 3.12. The van der Waals surface area contributed by atoms with Gasteiger partial charge >= 0.3 is 5.97 Å². The van der Waals surface area contributed by atoms with Gasteiger partial charge in [0.2, 0.25) is 0 Å². The summed E-state index contributed by atoms with van der Waals surface area (Å²) in [5.41, 5.74) is 1.26. The molecule has 0 fully saturated rings. The van der Waals surface area contributed by atoms with Gasteiger partial charge in [-0.3, -0.25) is 0 Å². The summed E-state index contributed by atoms with van der Waals surface area (Å²) in [5, 5.41) is 0. The van der Waals surface area contributed by atoms with Crippen LogP contribution in [0.25, 0.3) is 6.08 Å². The van der Waals surface area contributed by atoms with Crippen LogP contribution in [-0.2, 0) is 16.0 Å². The van der Waals surface area contributed by atoms with Gasteiger partial charge in [-0.15, -0.1) is 0 Å². The molecule has 0 unspecified atom stereocenters. The Morgan fingerprint density at radius 3 is 2.67 bits per heavy atom. The maximum absolute atomic E-state index is 14.4. The van der Waals surface area contributed by atoms with Crippen LogP contribution in [0.4, 0.5) is 4.39 Å². The quantitative estimate of drug-likeness (QED) is 0.563. The van der Waals surface area contributed by atoms with Crippen LogP contribution in [0.5, 0.6) is 5.75 Å². The Hall–Kier alpha value is -1.84. The van der Waals surface area contributed by atoms with Crippen molar-refractivity contribution in [3.8, 4) is 5.75 Å². The summed E-state index contributed by atoms with van der Waals surface area (Å²) in [4.78, 5) is 11.4. The van der Waals surface area contributed by atoms with Gasteiger partial charge in [-0.1, -0.05) is 19.9 Å². The van der Waals surface area contributed by atoms with E-state index < -0.39 is 5.97 Å². The second-order valence-corrected chi connectivity index (χ2v) is 5.17. The highest BCUT2D eigenvalue weighted by Gasteiger charge is 2.13. The average molecular weight is 294 g/mol. The summed E-state index contributed by atoms with van der Waals surface area (Å²) in [5.74, 6) is -0.0905. The molecule has 0 radical (unpaired) electrons. The van der Waals surface area contributed by atoms with Crippen molar-refractivity contribution in [2.24, 2.45) is 5.92 Å². The van der Waals surface area contributed by atoms with Crippen molar-refractivity contribution in [1.82, 2.24) is 0 Å². The first-order valence-electron chi connectivity index (χ1n) is 7.19. The van der Waals surface area contributed by atoms with E-state index in [-0.39, 0.29) is 11.6 Å². The summed E-state index contributed by atoms with van der Waals surface area (Å²) in [6.45, 7) is 6.24. The van der Waals surface area contributed by atoms with E-state index in [1.165, 1.54) is 13.2 Å². The van der Waals surface area contributed by atoms with Gasteiger partial charge < -0.3 is 9.47 Å². The molecule has 0 bridgehead atoms. The van der Waals surface area contributed by atoms with Crippen molar-refractivity contribution >= 4 is 12.0 Å². The Morgan fingerprint density at radius 2 is 2.10 bits per heavy atom. The van der Waals surface area contributed by atoms with E-state index in [0.717, 1.165) is 6.42 Å². The van der Waals surface area contributed by atoms with Crippen molar-refractivity contribution in [2.75, 3.05) is 13.7 Å². The second kappa shape index (κ2) is 8.45. The molecular formula is C17H23FO3. The van der Waals surface area contributed by atoms with Gasteiger partial charge in [0.1, 0.15) is 0 Å². The van der Waals surface area contributed by atoms with Crippen LogP contribution in [0, 0.1) is 11.7 Å². The predicted octanol–water partition coefficient (Wildman–Crippen LogP) is 4.00. The van der Waals surface area contributed by atoms with E-state index in [2.05, 4.69) is 13.8 Å². The minimum absolute atomic E-state index is 0.224. The molecule has 0 atom stereocenters. The zero-order valence-corrected chi connectivity index (χ0v) is 13.1. The number of carbonyl (C=O) groups is 1. The van der Waals surface area contributed by atoms with Crippen LogP contribution in [0.2, 0.25) is 0 Å². The number of ether oxygens (including phenoxy) is 2. The summed E-state index contributed by atoms with van der Waals surface area (Å²) in [6.07, 6.45) is 4.38. The van der Waals surface area contributed by atoms with Gasteiger partial charge in [0, 0.05) is 6.08 Å². The molecule has 3 nitrogen and oxygen atoms in total. The van der Waals surface area contributed by atoms with Gasteiger partial charge in [-0.05, 0) is 49.0 Å². The summed E-state index contributed by atoms with van der Waals surface area (Å²) in [7, 11) is 1.44. The van der Waals surface area contributed by atoms with Crippen LogP contribution < -0.4 is 4.74 Å². The fourth-order valence-corrected chi connectivity index (χ4v) is 1.96. The lowest BCUT2D eigenvalue weighted by Crippen LogP contribution is -2.02. The van der Waals surface area contributed by atoms with Gasteiger partial charge in [0.25, 0.3) is 0 Å². The maximum Gasteiger partial charge on any atom is 0.330 e. The fraction of sp³-hybridized carbons (Fsp3) is 0.471. The zero-order valence-electron chi connectivity index (χ0n) is 13.1. The molecule has 116 valence electrons. The van der Waals surface area contributed by atoms with E-state index in [9.17, 15) is 9.18 Å². The maximum atomic E-state index is 14.4. The van der Waals surface area contributed by atoms with Crippen LogP contribution in [0.3, 0.4) is 0 Å². The van der Waals surface area contributed by atoms with Gasteiger partial charge in [0.05, 0.1) is 13.7 Å². The van der Waals surface area contributed by atoms with Crippen LogP contribution in [0.1, 0.15) is 38.3 Å². The topological polar surface area (TPSA) is 35.5 Å². The molecule has 0 aromatic heterocycles. The van der Waals surface area contributed by atoms with E-state index in [4.69, 9.17) is 9.47 Å². The number of hydrogen-bond acceptors (Lipinski definition) is 3. The van der Waals surface area contributed by atoms with Crippen molar-refractivity contribution in [1.29, 1.82) is 0 Å². The third-order valence-corrected chi connectivity index (χ3v) is 3.12. The van der Waals surface area contributed by atoms with E-state index in [0.29, 0.717) is 30.1 Å². The largest absolute Gasteiger partial charge is 0.494 e. The van der Waals surface area contributed by atoms with E-state index in [1.54, 1.807) is 25.1 Å². The molecule has 0 N–H and O–H groups in total. The number of rotatable bonds is 7. The van der Waals surface area contributed by atoms with Crippen molar-refractivity contribution < 1.29 is 18.7 Å².